The minimum absolute atomic E-state index is 0.0906. The molecule has 0 aliphatic carbocycles. The van der Waals surface area contributed by atoms with Gasteiger partial charge in [0.25, 0.3) is 0 Å². The normalized spacial score (nSPS) is 11.4. The van der Waals surface area contributed by atoms with E-state index in [4.69, 9.17) is 11.6 Å². The van der Waals surface area contributed by atoms with E-state index in [2.05, 4.69) is 5.32 Å². The van der Waals surface area contributed by atoms with Gasteiger partial charge in [-0.15, -0.1) is 0 Å². The molecule has 0 bridgehead atoms. The fourth-order valence-corrected chi connectivity index (χ4v) is 6.01. The molecule has 4 aromatic rings. The van der Waals surface area contributed by atoms with Crippen LogP contribution in [0.25, 0.3) is 0 Å². The molecule has 0 fully saturated rings. The highest BCUT2D eigenvalue weighted by atomic mass is 35.5. The van der Waals surface area contributed by atoms with Crippen molar-refractivity contribution in [2.75, 3.05) is 18.4 Å². The zero-order valence-corrected chi connectivity index (χ0v) is 21.8. The second-order valence-corrected chi connectivity index (χ2v) is 11.5. The number of benzene rings is 4. The average Bonchev–Trinajstić information content (AvgIpc) is 2.89. The number of hydrogen-bond donors (Lipinski definition) is 1. The van der Waals surface area contributed by atoms with Gasteiger partial charge in [0.05, 0.1) is 17.1 Å². The molecule has 8 heteroatoms. The Hall–Kier alpha value is -3.10. The highest BCUT2D eigenvalue weighted by Crippen LogP contribution is 2.33. The van der Waals surface area contributed by atoms with Crippen molar-refractivity contribution in [3.63, 3.8) is 0 Å². The topological polar surface area (TPSA) is 66.5 Å². The molecule has 0 spiro atoms. The SMILES string of the molecule is O=C(CN(CCc1ccccc1)S(=O)(=O)c1ccc(Cl)cc1)Nc1ccccc1Sc1ccccc1. The van der Waals surface area contributed by atoms with Gasteiger partial charge in [-0.2, -0.15) is 4.31 Å². The molecule has 0 heterocycles. The number of para-hydroxylation sites is 1. The Balaban J connectivity index is 1.54. The maximum Gasteiger partial charge on any atom is 0.243 e. The molecule has 184 valence electrons. The summed E-state index contributed by atoms with van der Waals surface area (Å²) in [5, 5.41) is 3.34. The molecular formula is C28H25ClN2O3S2. The van der Waals surface area contributed by atoms with E-state index in [1.54, 1.807) is 0 Å². The lowest BCUT2D eigenvalue weighted by atomic mass is 10.1. The van der Waals surface area contributed by atoms with Gasteiger partial charge in [-0.05, 0) is 60.5 Å². The minimum atomic E-state index is -3.93. The number of carbonyl (C=O) groups excluding carboxylic acids is 1. The van der Waals surface area contributed by atoms with E-state index < -0.39 is 15.9 Å². The van der Waals surface area contributed by atoms with Gasteiger partial charge in [-0.1, -0.05) is 84.0 Å². The number of carbonyl (C=O) groups is 1. The second kappa shape index (κ2) is 12.2. The Morgan fingerprint density at radius 2 is 1.42 bits per heavy atom. The van der Waals surface area contributed by atoms with E-state index in [9.17, 15) is 13.2 Å². The summed E-state index contributed by atoms with van der Waals surface area (Å²) in [6.45, 7) is -0.162. The van der Waals surface area contributed by atoms with Crippen LogP contribution in [0.2, 0.25) is 5.02 Å². The number of nitrogens with one attached hydrogen (secondary N) is 1. The lowest BCUT2D eigenvalue weighted by molar-refractivity contribution is -0.116. The molecule has 4 aromatic carbocycles. The lowest BCUT2D eigenvalue weighted by Crippen LogP contribution is -2.39. The van der Waals surface area contributed by atoms with Crippen molar-refractivity contribution in [1.82, 2.24) is 4.31 Å². The van der Waals surface area contributed by atoms with Crippen molar-refractivity contribution in [3.8, 4) is 0 Å². The summed E-state index contributed by atoms with van der Waals surface area (Å²) in [7, 11) is -3.93. The summed E-state index contributed by atoms with van der Waals surface area (Å²) in [4.78, 5) is 15.1. The van der Waals surface area contributed by atoms with Crippen LogP contribution in [0, 0.1) is 0 Å². The summed E-state index contributed by atoms with van der Waals surface area (Å²) in [5.41, 5.74) is 1.61. The molecular weight excluding hydrogens is 512 g/mol. The van der Waals surface area contributed by atoms with E-state index in [-0.39, 0.29) is 18.0 Å². The van der Waals surface area contributed by atoms with Crippen molar-refractivity contribution >= 4 is 45.0 Å². The summed E-state index contributed by atoms with van der Waals surface area (Å²) in [6, 6.07) is 32.9. The monoisotopic (exact) mass is 536 g/mol. The third-order valence-corrected chi connectivity index (χ3v) is 8.59. The summed E-state index contributed by atoms with van der Waals surface area (Å²) in [5.74, 6) is -0.415. The molecule has 1 amide bonds. The zero-order valence-electron chi connectivity index (χ0n) is 19.4. The third kappa shape index (κ3) is 6.98. The minimum Gasteiger partial charge on any atom is -0.324 e. The maximum atomic E-state index is 13.5. The highest BCUT2D eigenvalue weighted by molar-refractivity contribution is 7.99. The number of nitrogens with zero attached hydrogens (tertiary/aromatic N) is 1. The van der Waals surface area contributed by atoms with Crippen LogP contribution in [-0.4, -0.2) is 31.7 Å². The first-order chi connectivity index (χ1) is 17.4. The number of halogens is 1. The number of hydrogen-bond acceptors (Lipinski definition) is 4. The maximum absolute atomic E-state index is 13.5. The van der Waals surface area contributed by atoms with Crippen molar-refractivity contribution in [1.29, 1.82) is 0 Å². The van der Waals surface area contributed by atoms with Gasteiger partial charge >= 0.3 is 0 Å². The van der Waals surface area contributed by atoms with Crippen LogP contribution in [-0.2, 0) is 21.2 Å². The van der Waals surface area contributed by atoms with Crippen molar-refractivity contribution in [2.45, 2.75) is 21.1 Å². The molecule has 0 aliphatic rings. The Labute approximate surface area is 221 Å². The third-order valence-electron chi connectivity index (χ3n) is 5.40. The predicted molar refractivity (Wildman–Crippen MR) is 146 cm³/mol. The van der Waals surface area contributed by atoms with Crippen LogP contribution in [0.3, 0.4) is 0 Å². The number of anilines is 1. The van der Waals surface area contributed by atoms with E-state index in [1.165, 1.54) is 40.3 Å². The van der Waals surface area contributed by atoms with Gasteiger partial charge in [-0.3, -0.25) is 4.79 Å². The Bertz CT molecular complexity index is 1400. The van der Waals surface area contributed by atoms with Gasteiger partial charge in [0, 0.05) is 21.4 Å². The quantitative estimate of drug-likeness (QED) is 0.256. The largest absolute Gasteiger partial charge is 0.324 e. The van der Waals surface area contributed by atoms with E-state index in [0.717, 1.165) is 15.4 Å². The van der Waals surface area contributed by atoms with Gasteiger partial charge in [0.15, 0.2) is 0 Å². The molecule has 0 aromatic heterocycles. The smallest absolute Gasteiger partial charge is 0.243 e. The van der Waals surface area contributed by atoms with Crippen LogP contribution in [0.4, 0.5) is 5.69 Å². The second-order valence-electron chi connectivity index (χ2n) is 7.99. The van der Waals surface area contributed by atoms with Gasteiger partial charge in [-0.25, -0.2) is 8.42 Å². The summed E-state index contributed by atoms with van der Waals surface area (Å²) >= 11 is 7.48. The number of sulfonamides is 1. The van der Waals surface area contributed by atoms with Crippen LogP contribution in [0.1, 0.15) is 5.56 Å². The molecule has 0 aliphatic heterocycles. The fourth-order valence-electron chi connectivity index (χ4n) is 3.56. The van der Waals surface area contributed by atoms with E-state index >= 15 is 0 Å². The van der Waals surface area contributed by atoms with Gasteiger partial charge in [0.1, 0.15) is 0 Å². The van der Waals surface area contributed by atoms with Crippen molar-refractivity contribution in [3.05, 3.63) is 120 Å². The number of rotatable bonds is 10. The van der Waals surface area contributed by atoms with Crippen LogP contribution < -0.4 is 5.32 Å². The molecule has 0 saturated carbocycles. The molecule has 0 saturated heterocycles. The molecule has 0 atom stereocenters. The van der Waals surface area contributed by atoms with Crippen molar-refractivity contribution < 1.29 is 13.2 Å². The molecule has 0 unspecified atom stereocenters. The lowest BCUT2D eigenvalue weighted by Gasteiger charge is -2.22. The first kappa shape index (κ1) is 26.0. The molecule has 5 nitrogen and oxygen atoms in total. The first-order valence-corrected chi connectivity index (χ1v) is 14.0. The summed E-state index contributed by atoms with van der Waals surface area (Å²) < 4.78 is 28.1. The zero-order chi connectivity index (χ0) is 25.4. The summed E-state index contributed by atoms with van der Waals surface area (Å²) in [6.07, 6.45) is 0.474. The Kier molecular flexibility index (Phi) is 8.83. The van der Waals surface area contributed by atoms with Gasteiger partial charge < -0.3 is 5.32 Å². The fraction of sp³-hybridized carbons (Fsp3) is 0.107. The molecule has 36 heavy (non-hydrogen) atoms. The first-order valence-electron chi connectivity index (χ1n) is 11.3. The van der Waals surface area contributed by atoms with Gasteiger partial charge in [0.2, 0.25) is 15.9 Å². The number of amides is 1. The Morgan fingerprint density at radius 1 is 0.806 bits per heavy atom. The highest BCUT2D eigenvalue weighted by Gasteiger charge is 2.27. The standard InChI is InChI=1S/C28H25ClN2O3S2/c29-23-15-17-25(18-16-23)36(33,34)31(20-19-22-9-3-1-4-10-22)21-28(32)30-26-13-7-8-14-27(26)35-24-11-5-2-6-12-24/h1-18H,19-21H2,(H,30,32). The molecule has 4 rings (SSSR count). The van der Waals surface area contributed by atoms with Crippen LogP contribution >= 0.6 is 23.4 Å². The van der Waals surface area contributed by atoms with Crippen LogP contribution in [0.5, 0.6) is 0 Å². The molecule has 0 radical (unpaired) electrons. The Morgan fingerprint density at radius 3 is 2.11 bits per heavy atom. The van der Waals surface area contributed by atoms with Crippen LogP contribution in [0.15, 0.2) is 124 Å². The average molecular weight is 537 g/mol. The van der Waals surface area contributed by atoms with E-state index in [0.29, 0.717) is 17.1 Å². The molecule has 1 N–H and O–H groups in total. The van der Waals surface area contributed by atoms with E-state index in [1.807, 2.05) is 84.9 Å². The van der Waals surface area contributed by atoms with Crippen molar-refractivity contribution in [2.24, 2.45) is 0 Å². The predicted octanol–water partition coefficient (Wildman–Crippen LogP) is 6.36.